The van der Waals surface area contributed by atoms with Crippen molar-refractivity contribution in [1.29, 1.82) is 0 Å². The zero-order chi connectivity index (χ0) is 6.95. The standard InChI is InChI=1S/C8H19N.Cu.H2O/c1-2-3-4-5-6-7-8-9;;/h2-9H2,1H3;;1H2/q;+1;/p-1. The summed E-state index contributed by atoms with van der Waals surface area (Å²) in [6, 6.07) is 0. The van der Waals surface area contributed by atoms with Crippen LogP contribution < -0.4 is 5.73 Å². The molecule has 0 atom stereocenters. The Balaban J connectivity index is -0.000000320. The number of hydrogen-bond donors (Lipinski definition) is 1. The van der Waals surface area contributed by atoms with Crippen molar-refractivity contribution in [3.63, 3.8) is 0 Å². The van der Waals surface area contributed by atoms with E-state index in [-0.39, 0.29) is 22.5 Å². The van der Waals surface area contributed by atoms with E-state index in [1.54, 1.807) is 0 Å². The number of nitrogens with two attached hydrogens (primary N) is 1. The van der Waals surface area contributed by atoms with Gasteiger partial charge in [0, 0.05) is 0 Å². The molecule has 3 N–H and O–H groups in total. The first-order valence-electron chi connectivity index (χ1n) is 4.12. The Kier molecular flexibility index (Phi) is 26.7. The van der Waals surface area contributed by atoms with Gasteiger partial charge in [0.1, 0.15) is 0 Å². The predicted octanol–water partition coefficient (Wildman–Crippen LogP) is 2.13. The molecule has 0 aromatic carbocycles. The van der Waals surface area contributed by atoms with Crippen LogP contribution in [0.5, 0.6) is 0 Å². The number of hydrogen-bond acceptors (Lipinski definition) is 2. The van der Waals surface area contributed by atoms with Crippen molar-refractivity contribution < 1.29 is 22.5 Å². The molecule has 0 amide bonds. The van der Waals surface area contributed by atoms with E-state index in [0.29, 0.717) is 0 Å². The van der Waals surface area contributed by atoms with Crippen molar-refractivity contribution in [1.82, 2.24) is 0 Å². The van der Waals surface area contributed by atoms with Crippen LogP contribution in [-0.4, -0.2) is 12.0 Å². The van der Waals surface area contributed by atoms with Gasteiger partial charge in [-0.3, -0.25) is 0 Å². The zero-order valence-electron chi connectivity index (χ0n) is 7.28. The fourth-order valence-electron chi connectivity index (χ4n) is 0.925. The van der Waals surface area contributed by atoms with Crippen LogP contribution in [0, 0.1) is 0 Å². The molecule has 0 spiro atoms. The second-order valence-electron chi connectivity index (χ2n) is 2.56. The predicted molar refractivity (Wildman–Crippen MR) is 44.4 cm³/mol. The molecular weight excluding hydrogens is 190 g/mol. The van der Waals surface area contributed by atoms with Crippen LogP contribution in [0.15, 0.2) is 0 Å². The van der Waals surface area contributed by atoms with Crippen LogP contribution in [0.25, 0.3) is 0 Å². The molecule has 0 bridgehead atoms. The molecule has 0 aliphatic rings. The van der Waals surface area contributed by atoms with Gasteiger partial charge in [0.2, 0.25) is 0 Å². The molecule has 0 radical (unpaired) electrons. The van der Waals surface area contributed by atoms with Crippen LogP contribution in [0.4, 0.5) is 0 Å². The molecule has 74 valence electrons. The maximum absolute atomic E-state index is 5.34. The summed E-state index contributed by atoms with van der Waals surface area (Å²) < 4.78 is 0. The largest absolute Gasteiger partial charge is 1.00 e. The summed E-state index contributed by atoms with van der Waals surface area (Å²) >= 11 is 0. The first kappa shape index (κ1) is 17.5. The van der Waals surface area contributed by atoms with Crippen LogP contribution in [-0.2, 0) is 17.1 Å². The Morgan fingerprint density at radius 1 is 0.909 bits per heavy atom. The van der Waals surface area contributed by atoms with Crippen molar-refractivity contribution >= 4 is 0 Å². The molecule has 0 aromatic rings. The van der Waals surface area contributed by atoms with E-state index in [2.05, 4.69) is 6.92 Å². The smallest absolute Gasteiger partial charge is 0.870 e. The van der Waals surface area contributed by atoms with E-state index in [0.717, 1.165) is 6.54 Å². The summed E-state index contributed by atoms with van der Waals surface area (Å²) in [4.78, 5) is 0. The fraction of sp³-hybridized carbons (Fsp3) is 1.00. The first-order chi connectivity index (χ1) is 4.41. The third-order valence-electron chi connectivity index (χ3n) is 1.56. The molecule has 0 aromatic heterocycles. The van der Waals surface area contributed by atoms with Gasteiger partial charge < -0.3 is 11.2 Å². The zero-order valence-corrected chi connectivity index (χ0v) is 8.22. The number of unbranched alkanes of at least 4 members (excludes halogenated alkanes) is 5. The monoisotopic (exact) mass is 209 g/mol. The van der Waals surface area contributed by atoms with E-state index in [4.69, 9.17) is 5.73 Å². The van der Waals surface area contributed by atoms with E-state index in [9.17, 15) is 0 Å². The molecule has 0 aliphatic heterocycles. The van der Waals surface area contributed by atoms with Gasteiger partial charge in [-0.1, -0.05) is 39.0 Å². The van der Waals surface area contributed by atoms with Crippen LogP contribution >= 0.6 is 0 Å². The molecule has 0 fully saturated rings. The van der Waals surface area contributed by atoms with E-state index >= 15 is 0 Å². The molecule has 3 heteroatoms. The maximum atomic E-state index is 5.34. The molecule has 11 heavy (non-hydrogen) atoms. The third kappa shape index (κ3) is 17.9. The molecule has 0 aliphatic carbocycles. The van der Waals surface area contributed by atoms with Gasteiger partial charge in [-0.2, -0.15) is 0 Å². The Morgan fingerprint density at radius 2 is 1.36 bits per heavy atom. The normalized spacial score (nSPS) is 8.18. The van der Waals surface area contributed by atoms with Crippen molar-refractivity contribution in [3.8, 4) is 0 Å². The summed E-state index contributed by atoms with van der Waals surface area (Å²) in [7, 11) is 0. The van der Waals surface area contributed by atoms with Crippen LogP contribution in [0.3, 0.4) is 0 Å². The summed E-state index contributed by atoms with van der Waals surface area (Å²) in [5, 5.41) is 0. The van der Waals surface area contributed by atoms with E-state index < -0.39 is 0 Å². The van der Waals surface area contributed by atoms with Crippen LogP contribution in [0.2, 0.25) is 0 Å². The molecule has 0 rings (SSSR count). The van der Waals surface area contributed by atoms with Crippen molar-refractivity contribution in [3.05, 3.63) is 0 Å². The summed E-state index contributed by atoms with van der Waals surface area (Å²) in [5.74, 6) is 0. The van der Waals surface area contributed by atoms with Gasteiger partial charge in [0.15, 0.2) is 0 Å². The third-order valence-corrected chi connectivity index (χ3v) is 1.56. The number of rotatable bonds is 6. The van der Waals surface area contributed by atoms with Crippen molar-refractivity contribution in [2.75, 3.05) is 6.54 Å². The van der Waals surface area contributed by atoms with Crippen molar-refractivity contribution in [2.24, 2.45) is 5.73 Å². The van der Waals surface area contributed by atoms with E-state index in [1.807, 2.05) is 0 Å². The van der Waals surface area contributed by atoms with Gasteiger partial charge in [0.05, 0.1) is 0 Å². The maximum Gasteiger partial charge on any atom is 1.00 e. The topological polar surface area (TPSA) is 56.0 Å². The molecule has 2 nitrogen and oxygen atoms in total. The Hall–Kier alpha value is 0.439. The molecule has 0 saturated heterocycles. The van der Waals surface area contributed by atoms with Gasteiger partial charge in [0.25, 0.3) is 0 Å². The molecule has 0 unspecified atom stereocenters. The van der Waals surface area contributed by atoms with Crippen LogP contribution in [0.1, 0.15) is 45.4 Å². The fourth-order valence-corrected chi connectivity index (χ4v) is 0.925. The van der Waals surface area contributed by atoms with Gasteiger partial charge in [-0.15, -0.1) is 0 Å². The Labute approximate surface area is 80.7 Å². The average molecular weight is 210 g/mol. The van der Waals surface area contributed by atoms with Gasteiger partial charge in [-0.05, 0) is 13.0 Å². The minimum atomic E-state index is 0. The molecule has 0 heterocycles. The summed E-state index contributed by atoms with van der Waals surface area (Å²) in [6.07, 6.45) is 8.05. The summed E-state index contributed by atoms with van der Waals surface area (Å²) in [5.41, 5.74) is 5.34. The Morgan fingerprint density at radius 3 is 1.82 bits per heavy atom. The molecule has 0 saturated carbocycles. The summed E-state index contributed by atoms with van der Waals surface area (Å²) in [6.45, 7) is 3.11. The van der Waals surface area contributed by atoms with Gasteiger partial charge >= 0.3 is 17.1 Å². The van der Waals surface area contributed by atoms with Gasteiger partial charge in [-0.25, -0.2) is 0 Å². The second kappa shape index (κ2) is 16.8. The van der Waals surface area contributed by atoms with E-state index in [1.165, 1.54) is 38.5 Å². The van der Waals surface area contributed by atoms with Crippen molar-refractivity contribution in [2.45, 2.75) is 45.4 Å². The quantitative estimate of drug-likeness (QED) is 0.538. The molecular formula is C8H20CuNO. The minimum Gasteiger partial charge on any atom is -0.870 e. The Bertz CT molecular complexity index is 47.4. The average Bonchev–Trinajstić information content (AvgIpc) is 1.89. The minimum absolute atomic E-state index is 0. The second-order valence-corrected chi connectivity index (χ2v) is 2.56. The SMILES string of the molecule is CCCCCCCCN.[Cu+].[OH-]. The first-order valence-corrected chi connectivity index (χ1v) is 4.12.